The lowest BCUT2D eigenvalue weighted by molar-refractivity contribution is 0.0463. The van der Waals surface area contributed by atoms with Gasteiger partial charge in [-0.25, -0.2) is 9.37 Å². The summed E-state index contributed by atoms with van der Waals surface area (Å²) < 4.78 is 20.1. The van der Waals surface area contributed by atoms with Crippen LogP contribution in [0.2, 0.25) is 0 Å². The van der Waals surface area contributed by atoms with Crippen molar-refractivity contribution in [2.24, 2.45) is 10.7 Å². The van der Waals surface area contributed by atoms with Gasteiger partial charge in [0.1, 0.15) is 11.5 Å². The lowest BCUT2D eigenvalue weighted by Gasteiger charge is -2.33. The van der Waals surface area contributed by atoms with Gasteiger partial charge in [0.25, 0.3) is 0 Å². The number of anilines is 1. The molecule has 0 bridgehead atoms. The second kappa shape index (κ2) is 7.67. The molecule has 1 aliphatic heterocycles. The Hall–Kier alpha value is -2.38. The topological polar surface area (TPSA) is 76.6 Å². The SMILES string of the molecule is CN=C(c1cccnc1C)c1nc(N2CCOC(CN)C2)ccc1F. The smallest absolute Gasteiger partial charge is 0.151 e. The molecule has 0 aromatic carbocycles. The molecule has 0 amide bonds. The largest absolute Gasteiger partial charge is 0.373 e. The van der Waals surface area contributed by atoms with Crippen LogP contribution in [0.3, 0.4) is 0 Å². The Morgan fingerprint density at radius 2 is 2.28 bits per heavy atom. The summed E-state index contributed by atoms with van der Waals surface area (Å²) in [7, 11) is 1.63. The molecule has 1 atom stereocenters. The Morgan fingerprint density at radius 3 is 3.00 bits per heavy atom. The summed E-state index contributed by atoms with van der Waals surface area (Å²) in [6, 6.07) is 6.79. The van der Waals surface area contributed by atoms with Crippen molar-refractivity contribution in [1.82, 2.24) is 9.97 Å². The predicted octanol–water partition coefficient (Wildman–Crippen LogP) is 1.56. The highest BCUT2D eigenvalue weighted by Gasteiger charge is 2.23. The molecule has 3 heterocycles. The van der Waals surface area contributed by atoms with Crippen molar-refractivity contribution in [3.05, 3.63) is 53.2 Å². The maximum absolute atomic E-state index is 14.5. The molecular formula is C18H22FN5O. The summed E-state index contributed by atoms with van der Waals surface area (Å²) in [5.41, 5.74) is 7.98. The summed E-state index contributed by atoms with van der Waals surface area (Å²) in [6.45, 7) is 4.22. The number of rotatable bonds is 4. The molecule has 2 aromatic rings. The number of halogens is 1. The van der Waals surface area contributed by atoms with Gasteiger partial charge in [0, 0.05) is 44.1 Å². The summed E-state index contributed by atoms with van der Waals surface area (Å²) >= 11 is 0. The van der Waals surface area contributed by atoms with Crippen LogP contribution >= 0.6 is 0 Å². The van der Waals surface area contributed by atoms with Gasteiger partial charge < -0.3 is 15.4 Å². The number of aromatic nitrogens is 2. The van der Waals surface area contributed by atoms with Crippen molar-refractivity contribution >= 4 is 11.5 Å². The van der Waals surface area contributed by atoms with E-state index in [4.69, 9.17) is 10.5 Å². The first kappa shape index (κ1) is 17.4. The van der Waals surface area contributed by atoms with Crippen LogP contribution in [0.1, 0.15) is 17.0 Å². The standard InChI is InChI=1S/C18H22FN5O/c1-12-14(4-3-7-22-12)17(21-2)18-15(19)5-6-16(23-18)24-8-9-25-13(10-20)11-24/h3-7,13H,8-11,20H2,1-2H3. The van der Waals surface area contributed by atoms with Gasteiger partial charge >= 0.3 is 0 Å². The van der Waals surface area contributed by atoms with Gasteiger partial charge in [-0.3, -0.25) is 9.98 Å². The molecule has 0 radical (unpaired) electrons. The Balaban J connectivity index is 1.98. The van der Waals surface area contributed by atoms with Crippen molar-refractivity contribution in [3.8, 4) is 0 Å². The van der Waals surface area contributed by atoms with E-state index >= 15 is 0 Å². The third-order valence-corrected chi connectivity index (χ3v) is 4.27. The highest BCUT2D eigenvalue weighted by atomic mass is 19.1. The maximum atomic E-state index is 14.5. The fourth-order valence-electron chi connectivity index (χ4n) is 2.93. The minimum atomic E-state index is -0.406. The molecule has 6 nitrogen and oxygen atoms in total. The third kappa shape index (κ3) is 3.67. The third-order valence-electron chi connectivity index (χ3n) is 4.27. The zero-order chi connectivity index (χ0) is 17.8. The molecule has 0 aliphatic carbocycles. The van der Waals surface area contributed by atoms with Crippen molar-refractivity contribution in [2.75, 3.05) is 38.2 Å². The minimum absolute atomic E-state index is 0.0380. The molecule has 1 unspecified atom stereocenters. The zero-order valence-corrected chi connectivity index (χ0v) is 14.4. The van der Waals surface area contributed by atoms with Gasteiger partial charge in [-0.2, -0.15) is 0 Å². The van der Waals surface area contributed by atoms with E-state index in [-0.39, 0.29) is 11.8 Å². The van der Waals surface area contributed by atoms with Gasteiger partial charge in [0.05, 0.1) is 18.4 Å². The molecule has 1 saturated heterocycles. The monoisotopic (exact) mass is 343 g/mol. The highest BCUT2D eigenvalue weighted by molar-refractivity contribution is 6.12. The van der Waals surface area contributed by atoms with E-state index in [1.54, 1.807) is 19.3 Å². The molecule has 3 rings (SSSR count). The Kier molecular flexibility index (Phi) is 5.35. The van der Waals surface area contributed by atoms with Crippen LogP contribution in [0.5, 0.6) is 0 Å². The van der Waals surface area contributed by atoms with Crippen LogP contribution in [-0.2, 0) is 4.74 Å². The predicted molar refractivity (Wildman–Crippen MR) is 95.7 cm³/mol. The van der Waals surface area contributed by atoms with E-state index in [2.05, 4.69) is 19.9 Å². The molecule has 0 saturated carbocycles. The lowest BCUT2D eigenvalue weighted by atomic mass is 10.0. The van der Waals surface area contributed by atoms with Crippen LogP contribution in [0.25, 0.3) is 0 Å². The molecular weight excluding hydrogens is 321 g/mol. The zero-order valence-electron chi connectivity index (χ0n) is 14.4. The van der Waals surface area contributed by atoms with Crippen molar-refractivity contribution in [3.63, 3.8) is 0 Å². The molecule has 1 fully saturated rings. The van der Waals surface area contributed by atoms with Gasteiger partial charge in [-0.15, -0.1) is 0 Å². The van der Waals surface area contributed by atoms with Gasteiger partial charge in [-0.05, 0) is 31.2 Å². The molecule has 132 valence electrons. The molecule has 7 heteroatoms. The average Bonchev–Trinajstić information content (AvgIpc) is 2.65. The summed E-state index contributed by atoms with van der Waals surface area (Å²) in [5.74, 6) is 0.289. The highest BCUT2D eigenvalue weighted by Crippen LogP contribution is 2.20. The summed E-state index contributed by atoms with van der Waals surface area (Å²) in [6.07, 6.45) is 1.66. The average molecular weight is 343 g/mol. The number of aliphatic imine (C=N–C) groups is 1. The Bertz CT molecular complexity index is 780. The van der Waals surface area contributed by atoms with Crippen molar-refractivity contribution in [1.29, 1.82) is 0 Å². The van der Waals surface area contributed by atoms with Crippen LogP contribution in [0.4, 0.5) is 10.2 Å². The van der Waals surface area contributed by atoms with Crippen LogP contribution in [-0.4, -0.2) is 55.1 Å². The Morgan fingerprint density at radius 1 is 1.44 bits per heavy atom. The normalized spacial score (nSPS) is 18.5. The van der Waals surface area contributed by atoms with Gasteiger partial charge in [0.2, 0.25) is 0 Å². The number of nitrogens with zero attached hydrogens (tertiary/aromatic N) is 4. The number of nitrogens with two attached hydrogens (primary N) is 1. The van der Waals surface area contributed by atoms with E-state index in [9.17, 15) is 4.39 Å². The van der Waals surface area contributed by atoms with Crippen LogP contribution < -0.4 is 10.6 Å². The minimum Gasteiger partial charge on any atom is -0.373 e. The van der Waals surface area contributed by atoms with E-state index in [1.807, 2.05) is 19.1 Å². The molecule has 0 spiro atoms. The van der Waals surface area contributed by atoms with Crippen LogP contribution in [0.15, 0.2) is 35.5 Å². The first-order valence-electron chi connectivity index (χ1n) is 8.26. The number of aryl methyl sites for hydroxylation is 1. The molecule has 2 aromatic heterocycles. The van der Waals surface area contributed by atoms with Crippen molar-refractivity contribution < 1.29 is 9.13 Å². The second-order valence-electron chi connectivity index (χ2n) is 5.88. The molecule has 1 aliphatic rings. The second-order valence-corrected chi connectivity index (χ2v) is 5.88. The fourth-order valence-corrected chi connectivity index (χ4v) is 2.93. The number of hydrogen-bond acceptors (Lipinski definition) is 6. The first-order valence-corrected chi connectivity index (χ1v) is 8.26. The number of ether oxygens (including phenoxy) is 1. The van der Waals surface area contributed by atoms with E-state index in [0.717, 1.165) is 11.3 Å². The maximum Gasteiger partial charge on any atom is 0.151 e. The van der Waals surface area contributed by atoms with Crippen molar-refractivity contribution in [2.45, 2.75) is 13.0 Å². The van der Waals surface area contributed by atoms with E-state index < -0.39 is 5.82 Å². The van der Waals surface area contributed by atoms with Gasteiger partial charge in [0.15, 0.2) is 5.82 Å². The van der Waals surface area contributed by atoms with Gasteiger partial charge in [-0.1, -0.05) is 0 Å². The lowest BCUT2D eigenvalue weighted by Crippen LogP contribution is -2.46. The number of hydrogen-bond donors (Lipinski definition) is 1. The molecule has 25 heavy (non-hydrogen) atoms. The summed E-state index contributed by atoms with van der Waals surface area (Å²) in [4.78, 5) is 15.2. The number of morpholine rings is 1. The Labute approximate surface area is 146 Å². The first-order chi connectivity index (χ1) is 12.1. The van der Waals surface area contributed by atoms with Crippen LogP contribution in [0, 0.1) is 12.7 Å². The molecule has 2 N–H and O–H groups in total. The van der Waals surface area contributed by atoms with E-state index in [1.165, 1.54) is 6.07 Å². The van der Waals surface area contributed by atoms with E-state index in [0.29, 0.717) is 37.8 Å². The number of pyridine rings is 2. The quantitative estimate of drug-likeness (QED) is 0.853. The summed E-state index contributed by atoms with van der Waals surface area (Å²) in [5, 5.41) is 0. The fraction of sp³-hybridized carbons (Fsp3) is 0.389.